The number of ether oxygens (including phenoxy) is 1. The molecule has 17 heavy (non-hydrogen) atoms. The summed E-state index contributed by atoms with van der Waals surface area (Å²) in [6.45, 7) is 3.35. The quantitative estimate of drug-likeness (QED) is 0.796. The standard InChI is InChI=1S/C12H16N4O/c1-10-3-4-11(9-15-10)16-7-5-13-12(16)14-6-8-17-2/h3-5,7,9H,6,8H2,1-2H3,(H,13,14). The SMILES string of the molecule is COCCNc1nccn1-c1ccc(C)nc1. The van der Waals surface area contributed by atoms with Crippen molar-refractivity contribution < 1.29 is 4.74 Å². The van der Waals surface area contributed by atoms with Crippen LogP contribution in [0.4, 0.5) is 5.95 Å². The maximum Gasteiger partial charge on any atom is 0.207 e. The van der Waals surface area contributed by atoms with Crippen LogP contribution < -0.4 is 5.32 Å². The van der Waals surface area contributed by atoms with Crippen LogP contribution in [0.25, 0.3) is 5.69 Å². The lowest BCUT2D eigenvalue weighted by atomic mass is 10.3. The molecule has 0 aliphatic heterocycles. The molecule has 0 bridgehead atoms. The minimum Gasteiger partial charge on any atom is -0.383 e. The summed E-state index contributed by atoms with van der Waals surface area (Å²) in [7, 11) is 1.68. The molecule has 0 unspecified atom stereocenters. The largest absolute Gasteiger partial charge is 0.383 e. The molecule has 0 spiro atoms. The molecular weight excluding hydrogens is 216 g/mol. The number of hydrogen-bond acceptors (Lipinski definition) is 4. The van der Waals surface area contributed by atoms with Gasteiger partial charge in [0.05, 0.1) is 18.5 Å². The molecule has 90 valence electrons. The van der Waals surface area contributed by atoms with Crippen molar-refractivity contribution in [1.29, 1.82) is 0 Å². The van der Waals surface area contributed by atoms with E-state index >= 15 is 0 Å². The Morgan fingerprint density at radius 2 is 2.24 bits per heavy atom. The van der Waals surface area contributed by atoms with Crippen molar-refractivity contribution in [2.45, 2.75) is 6.92 Å². The Morgan fingerprint density at radius 1 is 1.35 bits per heavy atom. The van der Waals surface area contributed by atoms with Gasteiger partial charge in [-0.2, -0.15) is 0 Å². The molecule has 0 saturated carbocycles. The van der Waals surface area contributed by atoms with Gasteiger partial charge in [-0.05, 0) is 19.1 Å². The van der Waals surface area contributed by atoms with E-state index in [9.17, 15) is 0 Å². The van der Waals surface area contributed by atoms with Crippen molar-refractivity contribution >= 4 is 5.95 Å². The van der Waals surface area contributed by atoms with Gasteiger partial charge in [0.25, 0.3) is 0 Å². The van der Waals surface area contributed by atoms with Crippen molar-refractivity contribution in [3.05, 3.63) is 36.4 Å². The number of hydrogen-bond donors (Lipinski definition) is 1. The first-order chi connectivity index (χ1) is 8.31. The van der Waals surface area contributed by atoms with Gasteiger partial charge in [0.1, 0.15) is 0 Å². The van der Waals surface area contributed by atoms with E-state index in [1.807, 2.05) is 36.0 Å². The van der Waals surface area contributed by atoms with Crippen LogP contribution in [-0.2, 0) is 4.74 Å². The number of nitrogens with zero attached hydrogens (tertiary/aromatic N) is 3. The van der Waals surface area contributed by atoms with Gasteiger partial charge in [-0.15, -0.1) is 0 Å². The van der Waals surface area contributed by atoms with Crippen LogP contribution in [0, 0.1) is 6.92 Å². The van der Waals surface area contributed by atoms with Gasteiger partial charge >= 0.3 is 0 Å². The molecule has 1 N–H and O–H groups in total. The zero-order valence-corrected chi connectivity index (χ0v) is 10.1. The molecule has 0 radical (unpaired) electrons. The summed E-state index contributed by atoms with van der Waals surface area (Å²) in [5.74, 6) is 0.799. The molecule has 0 aliphatic carbocycles. The van der Waals surface area contributed by atoms with Crippen molar-refractivity contribution in [3.8, 4) is 5.69 Å². The predicted molar refractivity (Wildman–Crippen MR) is 66.5 cm³/mol. The third-order valence-corrected chi connectivity index (χ3v) is 2.40. The molecule has 0 aliphatic rings. The van der Waals surface area contributed by atoms with Gasteiger partial charge in [-0.25, -0.2) is 4.98 Å². The number of pyridine rings is 1. The van der Waals surface area contributed by atoms with Crippen molar-refractivity contribution in [3.63, 3.8) is 0 Å². The number of anilines is 1. The van der Waals surface area contributed by atoms with Gasteiger partial charge in [-0.3, -0.25) is 9.55 Å². The van der Waals surface area contributed by atoms with Crippen LogP contribution in [0.3, 0.4) is 0 Å². The first kappa shape index (κ1) is 11.6. The summed E-state index contributed by atoms with van der Waals surface area (Å²) >= 11 is 0. The second-order valence-corrected chi connectivity index (χ2v) is 3.70. The number of nitrogens with one attached hydrogen (secondary N) is 1. The minimum absolute atomic E-state index is 0.652. The Morgan fingerprint density at radius 3 is 2.94 bits per heavy atom. The maximum atomic E-state index is 4.99. The molecule has 2 heterocycles. The third kappa shape index (κ3) is 2.82. The number of aryl methyl sites for hydroxylation is 1. The Kier molecular flexibility index (Phi) is 3.72. The van der Waals surface area contributed by atoms with E-state index in [4.69, 9.17) is 4.74 Å². The zero-order valence-electron chi connectivity index (χ0n) is 10.1. The van der Waals surface area contributed by atoms with E-state index in [0.29, 0.717) is 6.61 Å². The highest BCUT2D eigenvalue weighted by Crippen LogP contribution is 2.13. The first-order valence-corrected chi connectivity index (χ1v) is 5.50. The second-order valence-electron chi connectivity index (χ2n) is 3.70. The van der Waals surface area contributed by atoms with Crippen molar-refractivity contribution in [2.24, 2.45) is 0 Å². The number of methoxy groups -OCH3 is 1. The van der Waals surface area contributed by atoms with Crippen LogP contribution in [0.1, 0.15) is 5.69 Å². The monoisotopic (exact) mass is 232 g/mol. The Bertz CT molecular complexity index is 464. The Labute approximate surface area is 100 Å². The lowest BCUT2D eigenvalue weighted by molar-refractivity contribution is 0.210. The van der Waals surface area contributed by atoms with Crippen molar-refractivity contribution in [1.82, 2.24) is 14.5 Å². The topological polar surface area (TPSA) is 52.0 Å². The van der Waals surface area contributed by atoms with Gasteiger partial charge in [0, 0.05) is 31.7 Å². The summed E-state index contributed by atoms with van der Waals surface area (Å²) in [5, 5.41) is 3.21. The van der Waals surface area contributed by atoms with Crippen LogP contribution in [0.15, 0.2) is 30.7 Å². The van der Waals surface area contributed by atoms with Gasteiger partial charge in [0.15, 0.2) is 0 Å². The van der Waals surface area contributed by atoms with Gasteiger partial charge in [-0.1, -0.05) is 0 Å². The van der Waals surface area contributed by atoms with E-state index in [1.165, 1.54) is 0 Å². The van der Waals surface area contributed by atoms with Crippen LogP contribution in [-0.4, -0.2) is 34.8 Å². The summed E-state index contributed by atoms with van der Waals surface area (Å²) < 4.78 is 6.95. The number of imidazole rings is 1. The fourth-order valence-electron chi connectivity index (χ4n) is 1.51. The molecule has 5 nitrogen and oxygen atoms in total. The molecular formula is C12H16N4O. The van der Waals surface area contributed by atoms with E-state index in [2.05, 4.69) is 15.3 Å². The fourth-order valence-corrected chi connectivity index (χ4v) is 1.51. The molecule has 5 heteroatoms. The highest BCUT2D eigenvalue weighted by Gasteiger charge is 2.03. The average Bonchev–Trinajstić information content (AvgIpc) is 2.79. The summed E-state index contributed by atoms with van der Waals surface area (Å²) in [6, 6.07) is 4.00. The van der Waals surface area contributed by atoms with E-state index in [-0.39, 0.29) is 0 Å². The lowest BCUT2D eigenvalue weighted by Gasteiger charge is -2.09. The van der Waals surface area contributed by atoms with Crippen LogP contribution in [0.2, 0.25) is 0 Å². The van der Waals surface area contributed by atoms with Gasteiger partial charge in [0.2, 0.25) is 5.95 Å². The first-order valence-electron chi connectivity index (χ1n) is 5.50. The molecule has 0 aromatic carbocycles. The van der Waals surface area contributed by atoms with Gasteiger partial charge < -0.3 is 10.1 Å². The summed E-state index contributed by atoms with van der Waals surface area (Å²) in [5.41, 5.74) is 2.00. The van der Waals surface area contributed by atoms with E-state index in [1.54, 1.807) is 13.3 Å². The molecule has 2 aromatic heterocycles. The number of aromatic nitrogens is 3. The van der Waals surface area contributed by atoms with Crippen LogP contribution >= 0.6 is 0 Å². The summed E-state index contributed by atoms with van der Waals surface area (Å²) in [6.07, 6.45) is 5.50. The average molecular weight is 232 g/mol. The van der Waals surface area contributed by atoms with Crippen molar-refractivity contribution in [2.75, 3.05) is 25.6 Å². The fraction of sp³-hybridized carbons (Fsp3) is 0.333. The predicted octanol–water partition coefficient (Wildman–Crippen LogP) is 1.63. The molecule has 2 aromatic rings. The summed E-state index contributed by atoms with van der Waals surface area (Å²) in [4.78, 5) is 8.53. The van der Waals surface area contributed by atoms with E-state index < -0.39 is 0 Å². The Balaban J connectivity index is 2.15. The highest BCUT2D eigenvalue weighted by molar-refractivity contribution is 5.40. The normalized spacial score (nSPS) is 10.5. The lowest BCUT2D eigenvalue weighted by Crippen LogP contribution is -2.11. The Hall–Kier alpha value is -1.88. The molecule has 2 rings (SSSR count). The smallest absolute Gasteiger partial charge is 0.207 e. The maximum absolute atomic E-state index is 4.99. The highest BCUT2D eigenvalue weighted by atomic mass is 16.5. The third-order valence-electron chi connectivity index (χ3n) is 2.40. The zero-order chi connectivity index (χ0) is 12.1. The molecule has 0 amide bonds. The molecule has 0 saturated heterocycles. The van der Waals surface area contributed by atoms with Crippen LogP contribution in [0.5, 0.6) is 0 Å². The van der Waals surface area contributed by atoms with E-state index in [0.717, 1.165) is 23.9 Å². The minimum atomic E-state index is 0.652. The molecule has 0 atom stereocenters. The number of rotatable bonds is 5. The molecule has 0 fully saturated rings. The second kappa shape index (κ2) is 5.45.